The van der Waals surface area contributed by atoms with Gasteiger partial charge in [0.2, 0.25) is 17.7 Å². The number of esters is 1. The van der Waals surface area contributed by atoms with Crippen LogP contribution >= 0.6 is 15.9 Å². The van der Waals surface area contributed by atoms with E-state index in [9.17, 15) is 24.3 Å². The highest BCUT2D eigenvalue weighted by Crippen LogP contribution is 2.60. The van der Waals surface area contributed by atoms with Crippen LogP contribution in [-0.2, 0) is 28.7 Å². The molecular formula is C33H44BrN3O7. The van der Waals surface area contributed by atoms with E-state index in [0.29, 0.717) is 32.2 Å². The topological polar surface area (TPSA) is 125 Å². The van der Waals surface area contributed by atoms with Gasteiger partial charge in [0, 0.05) is 37.0 Å². The van der Waals surface area contributed by atoms with Crippen molar-refractivity contribution in [3.8, 4) is 0 Å². The first-order valence-corrected chi connectivity index (χ1v) is 16.3. The third-order valence-electron chi connectivity index (χ3n) is 8.85. The number of alkyl halides is 1. The number of fused-ring (bicyclic) bond motifs is 1. The molecule has 7 atom stereocenters. The van der Waals surface area contributed by atoms with Gasteiger partial charge in [-0.2, -0.15) is 0 Å². The monoisotopic (exact) mass is 673 g/mol. The van der Waals surface area contributed by atoms with Gasteiger partial charge in [0.25, 0.3) is 0 Å². The Morgan fingerprint density at radius 3 is 2.59 bits per heavy atom. The standard InChI is InChI=1S/C33H44BrN3O7/c1-5-7-15-25(39)43-20-24(22-13-9-8-10-14-22)35-30(40)26-27-31(41)37(17-11-12-18-38)29(32(42)36(16-6-2)21(3)4)33(27)19-23(34)28(26)44-33/h5-6,8-10,13-14,21,23-24,26-29,38H,1-2,7,11-12,15-20H2,3-4H3,(H,35,40)/t23?,24-,26-,27+,28-,29-,33+/m1/s1. The molecule has 240 valence electrons. The van der Waals surface area contributed by atoms with Crippen LogP contribution in [0.5, 0.6) is 0 Å². The number of hydrogen-bond acceptors (Lipinski definition) is 7. The molecule has 1 aromatic carbocycles. The number of nitrogens with zero attached hydrogens (tertiary/aromatic N) is 2. The van der Waals surface area contributed by atoms with E-state index in [1.165, 1.54) is 0 Å². The summed E-state index contributed by atoms with van der Waals surface area (Å²) in [5.41, 5.74) is -0.443. The normalized spacial score (nSPS) is 27.6. The van der Waals surface area contributed by atoms with Crippen LogP contribution in [0.3, 0.4) is 0 Å². The van der Waals surface area contributed by atoms with Crippen molar-refractivity contribution in [2.24, 2.45) is 11.8 Å². The first-order chi connectivity index (χ1) is 21.1. The van der Waals surface area contributed by atoms with Crippen LogP contribution in [0.2, 0.25) is 0 Å². The molecule has 2 bridgehead atoms. The largest absolute Gasteiger partial charge is 0.463 e. The van der Waals surface area contributed by atoms with Crippen LogP contribution in [0.15, 0.2) is 55.6 Å². The number of likely N-dealkylation sites (tertiary alicyclic amines) is 1. The fourth-order valence-corrected chi connectivity index (χ4v) is 7.78. The van der Waals surface area contributed by atoms with Crippen molar-refractivity contribution in [2.75, 3.05) is 26.3 Å². The minimum absolute atomic E-state index is 0.0318. The summed E-state index contributed by atoms with van der Waals surface area (Å²) in [4.78, 5) is 58.0. The molecule has 1 unspecified atom stereocenters. The lowest BCUT2D eigenvalue weighted by atomic mass is 9.70. The van der Waals surface area contributed by atoms with Gasteiger partial charge in [0.15, 0.2) is 0 Å². The van der Waals surface area contributed by atoms with E-state index in [2.05, 4.69) is 34.4 Å². The molecule has 3 aliphatic rings. The lowest BCUT2D eigenvalue weighted by Gasteiger charge is -2.38. The van der Waals surface area contributed by atoms with E-state index in [4.69, 9.17) is 9.47 Å². The zero-order valence-corrected chi connectivity index (χ0v) is 27.1. The average Bonchev–Trinajstić information content (AvgIpc) is 3.60. The minimum atomic E-state index is -1.19. The first kappa shape index (κ1) is 33.9. The van der Waals surface area contributed by atoms with Gasteiger partial charge in [-0.3, -0.25) is 19.2 Å². The Hall–Kier alpha value is -3.02. The molecule has 3 fully saturated rings. The molecule has 3 aliphatic heterocycles. The molecule has 3 saturated heterocycles. The number of ether oxygens (including phenoxy) is 2. The van der Waals surface area contributed by atoms with Crippen LogP contribution in [0, 0.1) is 11.8 Å². The zero-order chi connectivity index (χ0) is 32.0. The number of aliphatic hydroxyl groups excluding tert-OH is 1. The van der Waals surface area contributed by atoms with Crippen molar-refractivity contribution in [1.29, 1.82) is 0 Å². The van der Waals surface area contributed by atoms with Gasteiger partial charge in [0.05, 0.1) is 24.0 Å². The van der Waals surface area contributed by atoms with Gasteiger partial charge in [-0.1, -0.05) is 58.4 Å². The number of unbranched alkanes of at least 4 members (excludes halogenated alkanes) is 1. The summed E-state index contributed by atoms with van der Waals surface area (Å²) in [5, 5.41) is 12.5. The molecule has 0 radical (unpaired) electrons. The highest BCUT2D eigenvalue weighted by atomic mass is 79.9. The number of halogens is 1. The van der Waals surface area contributed by atoms with Gasteiger partial charge in [-0.25, -0.2) is 0 Å². The molecule has 11 heteroatoms. The maximum atomic E-state index is 14.2. The molecule has 2 N–H and O–H groups in total. The number of carbonyl (C=O) groups excluding carboxylic acids is 4. The van der Waals surface area contributed by atoms with Gasteiger partial charge < -0.3 is 29.7 Å². The summed E-state index contributed by atoms with van der Waals surface area (Å²) in [6.07, 6.45) is 4.71. The third kappa shape index (κ3) is 6.65. The van der Waals surface area contributed by atoms with E-state index < -0.39 is 47.5 Å². The second-order valence-electron chi connectivity index (χ2n) is 12.0. The highest BCUT2D eigenvalue weighted by molar-refractivity contribution is 9.09. The predicted octanol–water partition coefficient (Wildman–Crippen LogP) is 3.30. The molecule has 0 aromatic heterocycles. The van der Waals surface area contributed by atoms with Crippen molar-refractivity contribution < 1.29 is 33.8 Å². The zero-order valence-electron chi connectivity index (χ0n) is 25.5. The summed E-state index contributed by atoms with van der Waals surface area (Å²) in [6, 6.07) is 7.49. The van der Waals surface area contributed by atoms with E-state index in [1.54, 1.807) is 22.0 Å². The van der Waals surface area contributed by atoms with Gasteiger partial charge in [0.1, 0.15) is 18.2 Å². The Balaban J connectivity index is 1.65. The number of benzene rings is 1. The van der Waals surface area contributed by atoms with Crippen LogP contribution in [-0.4, -0.2) is 93.5 Å². The quantitative estimate of drug-likeness (QED) is 0.119. The maximum absolute atomic E-state index is 14.2. The lowest BCUT2D eigenvalue weighted by molar-refractivity contribution is -0.149. The molecule has 44 heavy (non-hydrogen) atoms. The van der Waals surface area contributed by atoms with E-state index in [0.717, 1.165) is 5.56 Å². The van der Waals surface area contributed by atoms with Crippen LogP contribution in [0.25, 0.3) is 0 Å². The first-order valence-electron chi connectivity index (χ1n) is 15.4. The summed E-state index contributed by atoms with van der Waals surface area (Å²) in [6.45, 7) is 11.7. The molecule has 3 amide bonds. The van der Waals surface area contributed by atoms with Gasteiger partial charge in [-0.05, 0) is 45.1 Å². The van der Waals surface area contributed by atoms with Crippen molar-refractivity contribution in [3.05, 3.63) is 61.2 Å². The number of rotatable bonds is 16. The SMILES string of the molecule is C=CCCC(=O)OC[C@@H](NC(=O)[C@H]1[C@@H]2O[C@@]3(CC2Br)[C@@H]1C(=O)N(CCCCO)[C@@H]3C(=O)N(CC=C)C(C)C)c1ccccc1. The van der Waals surface area contributed by atoms with Crippen molar-refractivity contribution in [3.63, 3.8) is 0 Å². The Labute approximate surface area is 267 Å². The average molecular weight is 675 g/mol. The van der Waals surface area contributed by atoms with Crippen molar-refractivity contribution in [2.45, 2.75) is 80.6 Å². The summed E-state index contributed by atoms with van der Waals surface area (Å²) >= 11 is 3.71. The maximum Gasteiger partial charge on any atom is 0.306 e. The Bertz CT molecular complexity index is 1230. The van der Waals surface area contributed by atoms with Gasteiger partial charge >= 0.3 is 5.97 Å². The molecular weight excluding hydrogens is 630 g/mol. The fraction of sp³-hybridized carbons (Fsp3) is 0.576. The second kappa shape index (κ2) is 14.8. The summed E-state index contributed by atoms with van der Waals surface area (Å²) in [7, 11) is 0. The second-order valence-corrected chi connectivity index (χ2v) is 13.2. The smallest absolute Gasteiger partial charge is 0.306 e. The minimum Gasteiger partial charge on any atom is -0.463 e. The number of aliphatic hydroxyl groups is 1. The summed E-state index contributed by atoms with van der Waals surface area (Å²) < 4.78 is 12.1. The number of carbonyl (C=O) groups is 4. The number of allylic oxidation sites excluding steroid dienone is 1. The van der Waals surface area contributed by atoms with Crippen molar-refractivity contribution in [1.82, 2.24) is 15.1 Å². The molecule has 4 rings (SSSR count). The molecule has 0 saturated carbocycles. The number of amides is 3. The molecule has 10 nitrogen and oxygen atoms in total. The predicted molar refractivity (Wildman–Crippen MR) is 168 cm³/mol. The molecule has 3 heterocycles. The van der Waals surface area contributed by atoms with E-state index >= 15 is 0 Å². The van der Waals surface area contributed by atoms with Crippen molar-refractivity contribution >= 4 is 39.6 Å². The number of nitrogens with one attached hydrogen (secondary N) is 1. The highest BCUT2D eigenvalue weighted by Gasteiger charge is 2.76. The van der Waals surface area contributed by atoms with Crippen LogP contribution in [0.1, 0.15) is 57.6 Å². The van der Waals surface area contributed by atoms with Gasteiger partial charge in [-0.15, -0.1) is 13.2 Å². The van der Waals surface area contributed by atoms with Crippen LogP contribution in [0.4, 0.5) is 0 Å². The Morgan fingerprint density at radius 1 is 1.23 bits per heavy atom. The molecule has 0 aliphatic carbocycles. The van der Waals surface area contributed by atoms with Crippen LogP contribution < -0.4 is 5.32 Å². The summed E-state index contributed by atoms with van der Waals surface area (Å²) in [5.74, 6) is -3.07. The third-order valence-corrected chi connectivity index (χ3v) is 9.69. The molecule has 1 aromatic rings. The Morgan fingerprint density at radius 2 is 1.95 bits per heavy atom. The Kier molecular flexibility index (Phi) is 11.4. The van der Waals surface area contributed by atoms with E-state index in [-0.39, 0.29) is 48.9 Å². The van der Waals surface area contributed by atoms with E-state index in [1.807, 2.05) is 44.2 Å². The number of hydrogen-bond donors (Lipinski definition) is 2. The lowest BCUT2D eigenvalue weighted by Crippen LogP contribution is -2.58. The molecule has 1 spiro atoms. The fourth-order valence-electron chi connectivity index (χ4n) is 6.84.